The van der Waals surface area contributed by atoms with E-state index in [0.717, 1.165) is 30.4 Å². The molecule has 0 aliphatic carbocycles. The molecule has 0 N–H and O–H groups in total. The Bertz CT molecular complexity index is 1060. The van der Waals surface area contributed by atoms with Crippen LogP contribution in [-0.4, -0.2) is 14.8 Å². The predicted octanol–water partition coefficient (Wildman–Crippen LogP) is 6.39. The topological polar surface area (TPSA) is 30.7 Å². The summed E-state index contributed by atoms with van der Waals surface area (Å²) in [5, 5.41) is 7.82. The first kappa shape index (κ1) is 17.6. The zero-order chi connectivity index (χ0) is 17.9. The van der Waals surface area contributed by atoms with Crippen LogP contribution in [0, 0.1) is 10.9 Å². The number of nitrogens with zero attached hydrogens (tertiary/aromatic N) is 3. The lowest BCUT2D eigenvalue weighted by molar-refractivity contribution is 0.829. The maximum atomic E-state index is 5.46. The molecule has 3 nitrogen and oxygen atoms in total. The van der Waals surface area contributed by atoms with E-state index >= 15 is 0 Å². The molecule has 2 aromatic carbocycles. The SMILES string of the molecule is Cc1ccc(-c2nc(CSc3nn(-c4ccccc4)c(=S)s3)cs2)cc1. The van der Waals surface area contributed by atoms with Crippen molar-refractivity contribution in [3.05, 3.63) is 75.2 Å². The zero-order valence-corrected chi connectivity index (χ0v) is 17.2. The van der Waals surface area contributed by atoms with Crippen molar-refractivity contribution < 1.29 is 0 Å². The number of para-hydroxylation sites is 1. The van der Waals surface area contributed by atoms with Gasteiger partial charge in [0.05, 0.1) is 11.4 Å². The number of hydrogen-bond acceptors (Lipinski definition) is 6. The number of rotatable bonds is 5. The van der Waals surface area contributed by atoms with Crippen molar-refractivity contribution in [2.45, 2.75) is 17.0 Å². The van der Waals surface area contributed by atoms with Gasteiger partial charge in [0, 0.05) is 16.7 Å². The number of aryl methyl sites for hydroxylation is 1. The van der Waals surface area contributed by atoms with E-state index in [0.29, 0.717) is 0 Å². The molecule has 0 aliphatic heterocycles. The third kappa shape index (κ3) is 3.96. The average molecular weight is 414 g/mol. The van der Waals surface area contributed by atoms with Crippen LogP contribution in [0.2, 0.25) is 0 Å². The molecule has 4 rings (SSSR count). The molecule has 0 saturated carbocycles. The fourth-order valence-electron chi connectivity index (χ4n) is 2.39. The number of benzene rings is 2. The minimum Gasteiger partial charge on any atom is -0.240 e. The van der Waals surface area contributed by atoms with Crippen LogP contribution in [0.1, 0.15) is 11.3 Å². The van der Waals surface area contributed by atoms with Crippen LogP contribution < -0.4 is 0 Å². The molecular formula is C19H15N3S4. The molecule has 2 heterocycles. The highest BCUT2D eigenvalue weighted by Gasteiger charge is 2.09. The maximum Gasteiger partial charge on any atom is 0.184 e. The van der Waals surface area contributed by atoms with Gasteiger partial charge in [0.25, 0.3) is 0 Å². The van der Waals surface area contributed by atoms with E-state index in [9.17, 15) is 0 Å². The van der Waals surface area contributed by atoms with Gasteiger partial charge in [-0.1, -0.05) is 71.1 Å². The summed E-state index contributed by atoms with van der Waals surface area (Å²) in [5.41, 5.74) is 4.50. The Morgan fingerprint density at radius 1 is 1.08 bits per heavy atom. The maximum absolute atomic E-state index is 5.46. The average Bonchev–Trinajstić information content (AvgIpc) is 3.28. The second-order valence-corrected chi connectivity index (χ2v) is 9.38. The van der Waals surface area contributed by atoms with Crippen molar-refractivity contribution in [2.24, 2.45) is 0 Å². The van der Waals surface area contributed by atoms with Crippen molar-refractivity contribution in [1.82, 2.24) is 14.8 Å². The molecular weight excluding hydrogens is 398 g/mol. The first-order chi connectivity index (χ1) is 12.7. The van der Waals surface area contributed by atoms with E-state index in [1.54, 1.807) is 23.1 Å². The minimum absolute atomic E-state index is 0.761. The Morgan fingerprint density at radius 2 is 1.85 bits per heavy atom. The molecule has 0 spiro atoms. The van der Waals surface area contributed by atoms with Crippen molar-refractivity contribution in [3.8, 4) is 16.3 Å². The second-order valence-electron chi connectivity index (χ2n) is 5.68. The molecule has 4 aromatic rings. The van der Waals surface area contributed by atoms with Gasteiger partial charge in [0.2, 0.25) is 0 Å². The Balaban J connectivity index is 1.47. The lowest BCUT2D eigenvalue weighted by Crippen LogP contribution is -1.95. The quantitative estimate of drug-likeness (QED) is 0.280. The Kier molecular flexibility index (Phi) is 5.31. The predicted molar refractivity (Wildman–Crippen MR) is 114 cm³/mol. The van der Waals surface area contributed by atoms with Crippen LogP contribution in [0.4, 0.5) is 0 Å². The summed E-state index contributed by atoms with van der Waals surface area (Å²) >= 11 is 10.4. The van der Waals surface area contributed by atoms with Gasteiger partial charge in [0.1, 0.15) is 5.01 Å². The van der Waals surface area contributed by atoms with Crippen LogP contribution in [0.15, 0.2) is 64.3 Å². The smallest absolute Gasteiger partial charge is 0.184 e. The van der Waals surface area contributed by atoms with Gasteiger partial charge in [0.15, 0.2) is 8.29 Å². The largest absolute Gasteiger partial charge is 0.240 e. The highest BCUT2D eigenvalue weighted by molar-refractivity contribution is 8.00. The molecule has 7 heteroatoms. The molecule has 0 amide bonds. The summed E-state index contributed by atoms with van der Waals surface area (Å²) in [5.74, 6) is 0.791. The third-order valence-electron chi connectivity index (χ3n) is 3.72. The van der Waals surface area contributed by atoms with Gasteiger partial charge in [-0.25, -0.2) is 9.67 Å². The van der Waals surface area contributed by atoms with Gasteiger partial charge in [-0.3, -0.25) is 0 Å². The molecule has 2 aromatic heterocycles. The van der Waals surface area contributed by atoms with Crippen molar-refractivity contribution in [3.63, 3.8) is 0 Å². The van der Waals surface area contributed by atoms with Crippen molar-refractivity contribution in [1.29, 1.82) is 0 Å². The summed E-state index contributed by atoms with van der Waals surface area (Å²) in [6, 6.07) is 18.5. The van der Waals surface area contributed by atoms with Crippen molar-refractivity contribution >= 4 is 46.7 Å². The van der Waals surface area contributed by atoms with E-state index in [4.69, 9.17) is 17.2 Å². The summed E-state index contributed by atoms with van der Waals surface area (Å²) in [7, 11) is 0. The van der Waals surface area contributed by atoms with Gasteiger partial charge >= 0.3 is 0 Å². The van der Waals surface area contributed by atoms with Crippen LogP contribution in [0.25, 0.3) is 16.3 Å². The summed E-state index contributed by atoms with van der Waals surface area (Å²) < 4.78 is 3.54. The minimum atomic E-state index is 0.761. The molecule has 130 valence electrons. The van der Waals surface area contributed by atoms with E-state index in [1.165, 1.54) is 22.5 Å². The highest BCUT2D eigenvalue weighted by atomic mass is 32.2. The number of aromatic nitrogens is 3. The van der Waals surface area contributed by atoms with Crippen LogP contribution in [0.3, 0.4) is 0 Å². The second kappa shape index (κ2) is 7.84. The van der Waals surface area contributed by atoms with Crippen molar-refractivity contribution in [2.75, 3.05) is 0 Å². The first-order valence-corrected chi connectivity index (χ1v) is 11.1. The molecule has 0 fully saturated rings. The van der Waals surface area contributed by atoms with Gasteiger partial charge in [-0.05, 0) is 31.3 Å². The summed E-state index contributed by atoms with van der Waals surface area (Å²) in [4.78, 5) is 4.75. The molecule has 0 bridgehead atoms. The normalized spacial score (nSPS) is 11.0. The molecule has 0 saturated heterocycles. The monoisotopic (exact) mass is 413 g/mol. The van der Waals surface area contributed by atoms with E-state index in [1.807, 2.05) is 35.0 Å². The zero-order valence-electron chi connectivity index (χ0n) is 14.0. The van der Waals surface area contributed by atoms with Gasteiger partial charge in [-0.2, -0.15) is 0 Å². The molecule has 0 unspecified atom stereocenters. The van der Waals surface area contributed by atoms with Gasteiger partial charge < -0.3 is 0 Å². The highest BCUT2D eigenvalue weighted by Crippen LogP contribution is 2.30. The lowest BCUT2D eigenvalue weighted by Gasteiger charge is -1.99. The lowest BCUT2D eigenvalue weighted by atomic mass is 10.2. The summed E-state index contributed by atoms with van der Waals surface area (Å²) in [6.07, 6.45) is 0. The fraction of sp³-hybridized carbons (Fsp3) is 0.105. The Labute approximate surface area is 169 Å². The van der Waals surface area contributed by atoms with Crippen LogP contribution in [0.5, 0.6) is 0 Å². The van der Waals surface area contributed by atoms with Gasteiger partial charge in [-0.15, -0.1) is 16.4 Å². The number of thiazole rings is 1. The Morgan fingerprint density at radius 3 is 2.62 bits per heavy atom. The van der Waals surface area contributed by atoms with E-state index < -0.39 is 0 Å². The molecule has 26 heavy (non-hydrogen) atoms. The molecule has 0 radical (unpaired) electrons. The van der Waals surface area contributed by atoms with E-state index in [-0.39, 0.29) is 0 Å². The Hall–Kier alpha value is -1.80. The fourth-order valence-corrected chi connectivity index (χ4v) is 5.57. The number of hydrogen-bond donors (Lipinski definition) is 0. The first-order valence-electron chi connectivity index (χ1n) is 7.99. The molecule has 0 aliphatic rings. The third-order valence-corrected chi connectivity index (χ3v) is 7.06. The molecule has 0 atom stereocenters. The summed E-state index contributed by atoms with van der Waals surface area (Å²) in [6.45, 7) is 2.09. The van der Waals surface area contributed by atoms with E-state index in [2.05, 4.69) is 41.7 Å². The van der Waals surface area contributed by atoms with Crippen LogP contribution in [-0.2, 0) is 5.75 Å². The number of thioether (sulfide) groups is 1. The standard InChI is InChI=1S/C19H15N3S4/c1-13-7-9-14(10-8-13)17-20-15(11-24-17)12-25-18-21-22(19(23)26-18)16-5-3-2-4-6-16/h2-11H,12H2,1H3. The van der Waals surface area contributed by atoms with Crippen LogP contribution >= 0.6 is 46.7 Å².